The SMILES string of the molecule is CCNC(=O)CNCc1cc2cccc(OC)c2o1. The number of methoxy groups -OCH3 is 1. The van der Waals surface area contributed by atoms with E-state index in [4.69, 9.17) is 9.15 Å². The van der Waals surface area contributed by atoms with Gasteiger partial charge in [-0.3, -0.25) is 4.79 Å². The molecule has 2 N–H and O–H groups in total. The van der Waals surface area contributed by atoms with Crippen LogP contribution >= 0.6 is 0 Å². The van der Waals surface area contributed by atoms with Crippen LogP contribution < -0.4 is 15.4 Å². The third-order valence-electron chi connectivity index (χ3n) is 2.74. The van der Waals surface area contributed by atoms with Gasteiger partial charge in [0, 0.05) is 11.9 Å². The topological polar surface area (TPSA) is 63.5 Å². The highest BCUT2D eigenvalue weighted by atomic mass is 16.5. The Hall–Kier alpha value is -2.01. The van der Waals surface area contributed by atoms with Gasteiger partial charge in [0.25, 0.3) is 0 Å². The fourth-order valence-corrected chi connectivity index (χ4v) is 1.90. The first-order valence-corrected chi connectivity index (χ1v) is 6.27. The van der Waals surface area contributed by atoms with Gasteiger partial charge in [-0.15, -0.1) is 0 Å². The number of likely N-dealkylation sites (N-methyl/N-ethyl adjacent to an activating group) is 1. The molecule has 0 saturated carbocycles. The molecule has 0 fully saturated rings. The van der Waals surface area contributed by atoms with Gasteiger partial charge in [0.1, 0.15) is 5.76 Å². The van der Waals surface area contributed by atoms with Crippen LogP contribution in [0, 0.1) is 0 Å². The van der Waals surface area contributed by atoms with Crippen LogP contribution in [0.5, 0.6) is 5.75 Å². The summed E-state index contributed by atoms with van der Waals surface area (Å²) >= 11 is 0. The van der Waals surface area contributed by atoms with Gasteiger partial charge >= 0.3 is 0 Å². The Bertz CT molecular complexity index is 563. The quantitative estimate of drug-likeness (QED) is 0.831. The first kappa shape index (κ1) is 13.4. The summed E-state index contributed by atoms with van der Waals surface area (Å²) in [6, 6.07) is 7.69. The molecule has 0 aliphatic carbocycles. The van der Waals surface area contributed by atoms with E-state index >= 15 is 0 Å². The van der Waals surface area contributed by atoms with Gasteiger partial charge in [-0.2, -0.15) is 0 Å². The summed E-state index contributed by atoms with van der Waals surface area (Å²) in [6.07, 6.45) is 0. The summed E-state index contributed by atoms with van der Waals surface area (Å²) in [7, 11) is 1.62. The fraction of sp³-hybridized carbons (Fsp3) is 0.357. The van der Waals surface area contributed by atoms with Crippen LogP contribution in [0.25, 0.3) is 11.0 Å². The van der Waals surface area contributed by atoms with E-state index < -0.39 is 0 Å². The molecule has 0 aliphatic rings. The highest BCUT2D eigenvalue weighted by molar-refractivity contribution is 5.83. The Labute approximate surface area is 111 Å². The Morgan fingerprint density at radius 1 is 1.42 bits per heavy atom. The van der Waals surface area contributed by atoms with Crippen LogP contribution in [-0.2, 0) is 11.3 Å². The molecular weight excluding hydrogens is 244 g/mol. The van der Waals surface area contributed by atoms with E-state index in [1.54, 1.807) is 7.11 Å². The Kier molecular flexibility index (Phi) is 4.41. The van der Waals surface area contributed by atoms with Crippen molar-refractivity contribution < 1.29 is 13.9 Å². The lowest BCUT2D eigenvalue weighted by Gasteiger charge is -2.02. The first-order valence-electron chi connectivity index (χ1n) is 6.27. The van der Waals surface area contributed by atoms with Crippen LogP contribution in [0.2, 0.25) is 0 Å². The predicted octanol–water partition coefficient (Wildman–Crippen LogP) is 1.67. The average Bonchev–Trinajstić information content (AvgIpc) is 2.81. The van der Waals surface area contributed by atoms with E-state index in [-0.39, 0.29) is 12.5 Å². The summed E-state index contributed by atoms with van der Waals surface area (Å²) in [5, 5.41) is 6.76. The lowest BCUT2D eigenvalue weighted by molar-refractivity contribution is -0.120. The molecule has 2 rings (SSSR count). The molecule has 102 valence electrons. The van der Waals surface area contributed by atoms with Crippen LogP contribution in [0.4, 0.5) is 0 Å². The van der Waals surface area contributed by atoms with Crippen LogP contribution in [0.1, 0.15) is 12.7 Å². The van der Waals surface area contributed by atoms with Crippen LogP contribution in [0.15, 0.2) is 28.7 Å². The molecule has 1 amide bonds. The Balaban J connectivity index is 2.00. The lowest BCUT2D eigenvalue weighted by Crippen LogP contribution is -2.33. The number of hydrogen-bond acceptors (Lipinski definition) is 4. The maximum atomic E-state index is 11.3. The lowest BCUT2D eigenvalue weighted by atomic mass is 10.2. The van der Waals surface area contributed by atoms with Gasteiger partial charge < -0.3 is 19.8 Å². The normalized spacial score (nSPS) is 10.6. The third-order valence-corrected chi connectivity index (χ3v) is 2.74. The van der Waals surface area contributed by atoms with Crippen molar-refractivity contribution in [2.45, 2.75) is 13.5 Å². The number of benzene rings is 1. The van der Waals surface area contributed by atoms with E-state index in [1.807, 2.05) is 31.2 Å². The van der Waals surface area contributed by atoms with E-state index in [1.165, 1.54) is 0 Å². The van der Waals surface area contributed by atoms with Crippen molar-refractivity contribution in [2.75, 3.05) is 20.2 Å². The maximum Gasteiger partial charge on any atom is 0.233 e. The minimum Gasteiger partial charge on any atom is -0.493 e. The van der Waals surface area contributed by atoms with Crippen molar-refractivity contribution in [1.29, 1.82) is 0 Å². The number of ether oxygens (including phenoxy) is 1. The van der Waals surface area contributed by atoms with Gasteiger partial charge in [-0.25, -0.2) is 0 Å². The zero-order valence-electron chi connectivity index (χ0n) is 11.2. The van der Waals surface area contributed by atoms with Gasteiger partial charge in [0.05, 0.1) is 20.2 Å². The molecule has 0 saturated heterocycles. The third kappa shape index (κ3) is 3.26. The molecule has 1 heterocycles. The number of amides is 1. The van der Waals surface area contributed by atoms with Gasteiger partial charge in [0.15, 0.2) is 11.3 Å². The zero-order chi connectivity index (χ0) is 13.7. The molecule has 2 aromatic rings. The molecule has 1 aromatic heterocycles. The second-order valence-electron chi connectivity index (χ2n) is 4.15. The van der Waals surface area contributed by atoms with Crippen molar-refractivity contribution in [3.8, 4) is 5.75 Å². The molecule has 0 unspecified atom stereocenters. The monoisotopic (exact) mass is 262 g/mol. The van der Waals surface area contributed by atoms with Crippen LogP contribution in [-0.4, -0.2) is 26.1 Å². The minimum absolute atomic E-state index is 0.0174. The van der Waals surface area contributed by atoms with E-state index in [2.05, 4.69) is 10.6 Å². The van der Waals surface area contributed by atoms with E-state index in [0.29, 0.717) is 18.8 Å². The first-order chi connectivity index (χ1) is 9.24. The number of nitrogens with one attached hydrogen (secondary N) is 2. The minimum atomic E-state index is -0.0174. The Morgan fingerprint density at radius 3 is 3.00 bits per heavy atom. The van der Waals surface area contributed by atoms with Gasteiger partial charge in [0.2, 0.25) is 5.91 Å². The number of carbonyl (C=O) groups is 1. The maximum absolute atomic E-state index is 11.3. The molecule has 5 nitrogen and oxygen atoms in total. The van der Waals surface area contributed by atoms with E-state index in [9.17, 15) is 4.79 Å². The van der Waals surface area contributed by atoms with Crippen molar-refractivity contribution in [2.24, 2.45) is 0 Å². The van der Waals surface area contributed by atoms with Gasteiger partial charge in [-0.1, -0.05) is 12.1 Å². The molecule has 0 radical (unpaired) electrons. The highest BCUT2D eigenvalue weighted by Crippen LogP contribution is 2.28. The second-order valence-corrected chi connectivity index (χ2v) is 4.15. The molecule has 1 aromatic carbocycles. The van der Waals surface area contributed by atoms with Gasteiger partial charge in [-0.05, 0) is 19.1 Å². The molecule has 19 heavy (non-hydrogen) atoms. The molecule has 0 bridgehead atoms. The van der Waals surface area contributed by atoms with Crippen molar-refractivity contribution in [3.63, 3.8) is 0 Å². The summed E-state index contributed by atoms with van der Waals surface area (Å²) in [5.74, 6) is 1.48. The van der Waals surface area contributed by atoms with E-state index in [0.717, 1.165) is 16.7 Å². The standard InChI is InChI=1S/C14H18N2O3/c1-3-16-13(17)9-15-8-11-7-10-5-4-6-12(18-2)14(10)19-11/h4-7,15H,3,8-9H2,1-2H3,(H,16,17). The second kappa shape index (κ2) is 6.24. The number of carbonyl (C=O) groups excluding carboxylic acids is 1. The zero-order valence-corrected chi connectivity index (χ0v) is 11.2. The van der Waals surface area contributed by atoms with Crippen molar-refractivity contribution in [3.05, 3.63) is 30.0 Å². The smallest absolute Gasteiger partial charge is 0.233 e. The number of para-hydroxylation sites is 1. The average molecular weight is 262 g/mol. The summed E-state index contributed by atoms with van der Waals surface area (Å²) in [4.78, 5) is 11.3. The molecule has 0 spiro atoms. The number of hydrogen-bond donors (Lipinski definition) is 2. The summed E-state index contributed by atoms with van der Waals surface area (Å²) in [5.41, 5.74) is 0.736. The molecular formula is C14H18N2O3. The fourth-order valence-electron chi connectivity index (χ4n) is 1.90. The summed E-state index contributed by atoms with van der Waals surface area (Å²) in [6.45, 7) is 3.32. The summed E-state index contributed by atoms with van der Waals surface area (Å²) < 4.78 is 10.9. The molecule has 5 heteroatoms. The predicted molar refractivity (Wildman–Crippen MR) is 73.2 cm³/mol. The number of rotatable bonds is 6. The number of furan rings is 1. The van der Waals surface area contributed by atoms with Crippen molar-refractivity contribution in [1.82, 2.24) is 10.6 Å². The largest absolute Gasteiger partial charge is 0.493 e. The molecule has 0 atom stereocenters. The Morgan fingerprint density at radius 2 is 2.26 bits per heavy atom. The number of fused-ring (bicyclic) bond motifs is 1. The van der Waals surface area contributed by atoms with Crippen molar-refractivity contribution >= 4 is 16.9 Å². The molecule has 0 aliphatic heterocycles. The van der Waals surface area contributed by atoms with Crippen LogP contribution in [0.3, 0.4) is 0 Å². The highest BCUT2D eigenvalue weighted by Gasteiger charge is 2.08.